The highest BCUT2D eigenvalue weighted by atomic mass is 15.1. The minimum absolute atomic E-state index is 0.00845. The van der Waals surface area contributed by atoms with Crippen molar-refractivity contribution in [3.8, 4) is 33.4 Å². The summed E-state index contributed by atoms with van der Waals surface area (Å²) in [5.74, 6) is 0. The van der Waals surface area contributed by atoms with Crippen LogP contribution in [0.25, 0.3) is 33.4 Å². The van der Waals surface area contributed by atoms with Crippen molar-refractivity contribution >= 4 is 17.1 Å². The summed E-state index contributed by atoms with van der Waals surface area (Å²) in [6, 6.07) is 80.8. The number of fused-ring (bicyclic) bond motifs is 13. The van der Waals surface area contributed by atoms with Crippen molar-refractivity contribution in [1.29, 1.82) is 0 Å². The molecule has 0 N–H and O–H groups in total. The standard InChI is InChI=1S/C64H53N/c1-61(2,3)42-32-34-44(35-33-42)63(43-20-9-7-10-21-43)55-29-18-15-26-52(55)60-56(63)30-19-31-59(60)65(46-22-11-8-12-23-46)47-37-39-51-49-25-14-17-28-54(49)64(58(51)41-47)53-27-16-13-24-48(53)50-38-36-45(40-57(50)64)62(4,5)6/h7-41H,1-6H3. The van der Waals surface area contributed by atoms with E-state index in [9.17, 15) is 0 Å². The van der Waals surface area contributed by atoms with Crippen LogP contribution in [-0.2, 0) is 21.7 Å². The van der Waals surface area contributed by atoms with E-state index in [1.807, 2.05) is 0 Å². The topological polar surface area (TPSA) is 3.24 Å². The molecule has 0 aromatic heterocycles. The zero-order valence-electron chi connectivity index (χ0n) is 38.2. The maximum absolute atomic E-state index is 2.54. The van der Waals surface area contributed by atoms with Crippen molar-refractivity contribution in [2.75, 3.05) is 4.90 Å². The first kappa shape index (κ1) is 39.4. The van der Waals surface area contributed by atoms with Gasteiger partial charge in [-0.15, -0.1) is 0 Å². The maximum Gasteiger partial charge on any atom is 0.0726 e. The lowest BCUT2D eigenvalue weighted by atomic mass is 9.67. The van der Waals surface area contributed by atoms with Crippen LogP contribution >= 0.6 is 0 Å². The van der Waals surface area contributed by atoms with E-state index in [2.05, 4.69) is 259 Å². The molecule has 1 spiro atoms. The summed E-state index contributed by atoms with van der Waals surface area (Å²) in [6.07, 6.45) is 0. The highest BCUT2D eigenvalue weighted by Crippen LogP contribution is 2.65. The number of para-hydroxylation sites is 1. The lowest BCUT2D eigenvalue weighted by Gasteiger charge is -2.35. The summed E-state index contributed by atoms with van der Waals surface area (Å²) in [6.45, 7) is 13.9. The molecule has 0 heterocycles. The molecule has 3 aliphatic rings. The van der Waals surface area contributed by atoms with Gasteiger partial charge in [0.25, 0.3) is 0 Å². The molecule has 314 valence electrons. The summed E-state index contributed by atoms with van der Waals surface area (Å²) in [5, 5.41) is 0. The van der Waals surface area contributed by atoms with Crippen LogP contribution < -0.4 is 4.90 Å². The molecule has 0 fully saturated rings. The summed E-state index contributed by atoms with van der Waals surface area (Å²) in [7, 11) is 0. The fraction of sp³-hybridized carbons (Fsp3) is 0.156. The van der Waals surface area contributed by atoms with Crippen molar-refractivity contribution in [2.24, 2.45) is 0 Å². The van der Waals surface area contributed by atoms with Gasteiger partial charge in [0.2, 0.25) is 0 Å². The van der Waals surface area contributed by atoms with Crippen molar-refractivity contribution in [3.63, 3.8) is 0 Å². The van der Waals surface area contributed by atoms with Crippen molar-refractivity contribution in [1.82, 2.24) is 0 Å². The van der Waals surface area contributed by atoms with Crippen LogP contribution in [0.3, 0.4) is 0 Å². The highest BCUT2D eigenvalue weighted by Gasteiger charge is 2.52. The van der Waals surface area contributed by atoms with E-state index in [1.54, 1.807) is 0 Å². The molecule has 0 aliphatic heterocycles. The average Bonchev–Trinajstić information content (AvgIpc) is 3.92. The molecule has 1 nitrogen and oxygen atoms in total. The Kier molecular flexibility index (Phi) is 8.57. The van der Waals surface area contributed by atoms with Gasteiger partial charge in [-0.05, 0) is 125 Å². The first-order valence-electron chi connectivity index (χ1n) is 23.3. The Labute approximate surface area is 384 Å². The molecular formula is C64H53N. The molecule has 9 aromatic carbocycles. The Bertz CT molecular complexity index is 3310. The number of anilines is 3. The van der Waals surface area contributed by atoms with Gasteiger partial charge in [0.05, 0.1) is 16.5 Å². The zero-order valence-corrected chi connectivity index (χ0v) is 38.2. The first-order valence-corrected chi connectivity index (χ1v) is 23.3. The Morgan fingerprint density at radius 3 is 1.38 bits per heavy atom. The van der Waals surface area contributed by atoms with Crippen LogP contribution in [0.4, 0.5) is 17.1 Å². The molecule has 9 aromatic rings. The van der Waals surface area contributed by atoms with Gasteiger partial charge < -0.3 is 4.90 Å². The smallest absolute Gasteiger partial charge is 0.0726 e. The van der Waals surface area contributed by atoms with Gasteiger partial charge in [0, 0.05) is 16.9 Å². The highest BCUT2D eigenvalue weighted by molar-refractivity contribution is 6.00. The molecule has 0 radical (unpaired) electrons. The van der Waals surface area contributed by atoms with E-state index in [0.717, 1.165) is 17.1 Å². The molecular weight excluding hydrogens is 783 g/mol. The summed E-state index contributed by atoms with van der Waals surface area (Å²) >= 11 is 0. The molecule has 0 saturated carbocycles. The number of nitrogens with zero attached hydrogens (tertiary/aromatic N) is 1. The molecule has 0 amide bonds. The average molecular weight is 836 g/mol. The van der Waals surface area contributed by atoms with Gasteiger partial charge in [-0.3, -0.25) is 0 Å². The summed E-state index contributed by atoms with van der Waals surface area (Å²) in [5.41, 5.74) is 23.5. The van der Waals surface area contributed by atoms with Crippen molar-refractivity contribution in [3.05, 3.63) is 268 Å². The molecule has 0 saturated heterocycles. The number of rotatable bonds is 5. The number of hydrogen-bond donors (Lipinski definition) is 0. The van der Waals surface area contributed by atoms with E-state index in [-0.39, 0.29) is 10.8 Å². The van der Waals surface area contributed by atoms with Crippen LogP contribution in [0.15, 0.2) is 212 Å². The van der Waals surface area contributed by atoms with Crippen LogP contribution in [-0.4, -0.2) is 0 Å². The van der Waals surface area contributed by atoms with Crippen LogP contribution in [0, 0.1) is 0 Å². The van der Waals surface area contributed by atoms with Crippen LogP contribution in [0.2, 0.25) is 0 Å². The Balaban J connectivity index is 1.14. The van der Waals surface area contributed by atoms with E-state index in [0.29, 0.717) is 0 Å². The monoisotopic (exact) mass is 835 g/mol. The van der Waals surface area contributed by atoms with E-state index in [1.165, 1.54) is 89.0 Å². The molecule has 2 unspecified atom stereocenters. The largest absolute Gasteiger partial charge is 0.310 e. The SMILES string of the molecule is CC(C)(C)c1ccc(C2(c3ccccc3)c3ccccc3-c3c(N(c4ccccc4)c4ccc5c(c4)C4(c6ccccc6-5)c5ccccc5-c5ccc(C(C)(C)C)cc54)cccc32)cc1. The number of benzene rings is 9. The van der Waals surface area contributed by atoms with Gasteiger partial charge in [-0.2, -0.15) is 0 Å². The molecule has 0 bridgehead atoms. The minimum Gasteiger partial charge on any atom is -0.310 e. The third kappa shape index (κ3) is 5.51. The molecule has 3 aliphatic carbocycles. The molecule has 1 heteroatoms. The number of hydrogen-bond acceptors (Lipinski definition) is 1. The Morgan fingerprint density at radius 2 is 0.769 bits per heavy atom. The second kappa shape index (κ2) is 14.1. The first-order chi connectivity index (χ1) is 31.5. The Morgan fingerprint density at radius 1 is 0.308 bits per heavy atom. The quantitative estimate of drug-likeness (QED) is 0.167. The van der Waals surface area contributed by atoms with Gasteiger partial charge in [0.1, 0.15) is 0 Å². The molecule has 2 atom stereocenters. The molecule has 65 heavy (non-hydrogen) atoms. The van der Waals surface area contributed by atoms with Gasteiger partial charge in [-0.1, -0.05) is 224 Å². The summed E-state index contributed by atoms with van der Waals surface area (Å²) in [4.78, 5) is 2.53. The lowest BCUT2D eigenvalue weighted by Crippen LogP contribution is -2.29. The van der Waals surface area contributed by atoms with E-state index < -0.39 is 10.8 Å². The summed E-state index contributed by atoms with van der Waals surface area (Å²) < 4.78 is 0. The lowest BCUT2D eigenvalue weighted by molar-refractivity contribution is 0.588. The fourth-order valence-corrected chi connectivity index (χ4v) is 11.9. The third-order valence-corrected chi connectivity index (χ3v) is 14.9. The minimum atomic E-state index is -0.534. The van der Waals surface area contributed by atoms with Crippen LogP contribution in [0.1, 0.15) is 97.2 Å². The Hall–Kier alpha value is -7.22. The maximum atomic E-state index is 2.54. The van der Waals surface area contributed by atoms with Crippen LogP contribution in [0.5, 0.6) is 0 Å². The van der Waals surface area contributed by atoms with Gasteiger partial charge in [0.15, 0.2) is 0 Å². The van der Waals surface area contributed by atoms with Crippen molar-refractivity contribution in [2.45, 2.75) is 63.2 Å². The second-order valence-electron chi connectivity index (χ2n) is 20.4. The fourth-order valence-electron chi connectivity index (χ4n) is 11.9. The zero-order chi connectivity index (χ0) is 44.3. The normalized spacial score (nSPS) is 17.5. The third-order valence-electron chi connectivity index (χ3n) is 14.9. The van der Waals surface area contributed by atoms with E-state index in [4.69, 9.17) is 0 Å². The second-order valence-corrected chi connectivity index (χ2v) is 20.4. The van der Waals surface area contributed by atoms with Crippen molar-refractivity contribution < 1.29 is 0 Å². The van der Waals surface area contributed by atoms with Gasteiger partial charge in [-0.25, -0.2) is 0 Å². The predicted molar refractivity (Wildman–Crippen MR) is 272 cm³/mol. The van der Waals surface area contributed by atoms with E-state index >= 15 is 0 Å². The predicted octanol–water partition coefficient (Wildman–Crippen LogP) is 16.5. The molecule has 12 rings (SSSR count). The van der Waals surface area contributed by atoms with Gasteiger partial charge >= 0.3 is 0 Å².